The first-order chi connectivity index (χ1) is 7.59. The molecule has 0 aliphatic carbocycles. The van der Waals surface area contributed by atoms with Crippen LogP contribution in [-0.4, -0.2) is 5.11 Å². The number of benzene rings is 1. The molecule has 0 saturated carbocycles. The van der Waals surface area contributed by atoms with Crippen LogP contribution in [0.5, 0.6) is 0 Å². The van der Waals surface area contributed by atoms with Crippen LogP contribution < -0.4 is 0 Å². The Kier molecular flexibility index (Phi) is 3.23. The maximum Gasteiger partial charge on any atom is 0.132 e. The summed E-state index contributed by atoms with van der Waals surface area (Å²) in [7, 11) is 0. The first kappa shape index (κ1) is 11.5. The lowest BCUT2D eigenvalue weighted by atomic mass is 10.1. The highest BCUT2D eigenvalue weighted by atomic mass is 35.5. The lowest BCUT2D eigenvalue weighted by molar-refractivity contribution is 0.213. The van der Waals surface area contributed by atoms with E-state index in [1.165, 1.54) is 6.07 Å². The molecular weight excluding hydrogens is 254 g/mol. The number of aliphatic hydroxyl groups is 1. The average Bonchev–Trinajstić information content (AvgIpc) is 2.64. The number of halogens is 3. The van der Waals surface area contributed by atoms with E-state index in [-0.39, 0.29) is 5.56 Å². The van der Waals surface area contributed by atoms with Crippen molar-refractivity contribution in [3.05, 3.63) is 56.7 Å². The summed E-state index contributed by atoms with van der Waals surface area (Å²) < 4.78 is 27.2. The Labute approximate surface area is 99.9 Å². The van der Waals surface area contributed by atoms with Crippen molar-refractivity contribution < 1.29 is 13.9 Å². The predicted molar refractivity (Wildman–Crippen MR) is 59.7 cm³/mol. The first-order valence-electron chi connectivity index (χ1n) is 4.47. The molecule has 0 fully saturated rings. The molecule has 0 radical (unpaired) electrons. The Balaban J connectivity index is 2.45. The molecule has 1 aromatic carbocycles. The van der Waals surface area contributed by atoms with Gasteiger partial charge in [-0.2, -0.15) is 0 Å². The standard InChI is InChI=1S/C11H7ClF2OS/c12-9-5-4-8(16-9)11(15)10-6(13)2-1-3-7(10)14/h1-5,11,15H. The quantitative estimate of drug-likeness (QED) is 0.872. The molecular formula is C11H7ClF2OS. The molecule has 0 saturated heterocycles. The zero-order chi connectivity index (χ0) is 11.7. The van der Waals surface area contributed by atoms with E-state index in [9.17, 15) is 13.9 Å². The topological polar surface area (TPSA) is 20.2 Å². The summed E-state index contributed by atoms with van der Waals surface area (Å²) in [5, 5.41) is 9.84. The molecule has 16 heavy (non-hydrogen) atoms. The number of aliphatic hydroxyl groups excluding tert-OH is 1. The van der Waals surface area contributed by atoms with E-state index in [0.29, 0.717) is 9.21 Å². The van der Waals surface area contributed by atoms with Crippen molar-refractivity contribution in [2.24, 2.45) is 0 Å². The third-order valence-corrected chi connectivity index (χ3v) is 3.42. The van der Waals surface area contributed by atoms with Crippen LogP contribution in [0.15, 0.2) is 30.3 Å². The Morgan fingerprint density at radius 2 is 1.75 bits per heavy atom. The molecule has 2 aromatic rings. The number of thiophene rings is 1. The van der Waals surface area contributed by atoms with Crippen molar-refractivity contribution in [3.8, 4) is 0 Å². The summed E-state index contributed by atoms with van der Waals surface area (Å²) in [6.45, 7) is 0. The van der Waals surface area contributed by atoms with Crippen molar-refractivity contribution in [2.45, 2.75) is 6.10 Å². The van der Waals surface area contributed by atoms with Crippen molar-refractivity contribution in [3.63, 3.8) is 0 Å². The molecule has 0 amide bonds. The van der Waals surface area contributed by atoms with E-state index in [0.717, 1.165) is 23.5 Å². The van der Waals surface area contributed by atoms with Gasteiger partial charge in [0.2, 0.25) is 0 Å². The van der Waals surface area contributed by atoms with Gasteiger partial charge < -0.3 is 5.11 Å². The minimum absolute atomic E-state index is 0.346. The summed E-state index contributed by atoms with van der Waals surface area (Å²) in [5.41, 5.74) is -0.346. The van der Waals surface area contributed by atoms with Crippen molar-refractivity contribution in [1.82, 2.24) is 0 Å². The van der Waals surface area contributed by atoms with Gasteiger partial charge in [0.05, 0.1) is 9.90 Å². The third-order valence-electron chi connectivity index (χ3n) is 2.14. The van der Waals surface area contributed by atoms with Crippen molar-refractivity contribution >= 4 is 22.9 Å². The molecule has 1 nitrogen and oxygen atoms in total. The average molecular weight is 261 g/mol. The minimum atomic E-state index is -1.32. The van der Waals surface area contributed by atoms with Gasteiger partial charge in [0.1, 0.15) is 17.7 Å². The van der Waals surface area contributed by atoms with Gasteiger partial charge in [0.15, 0.2) is 0 Å². The van der Waals surface area contributed by atoms with Gasteiger partial charge in [-0.3, -0.25) is 0 Å². The zero-order valence-corrected chi connectivity index (χ0v) is 9.53. The monoisotopic (exact) mass is 260 g/mol. The fourth-order valence-electron chi connectivity index (χ4n) is 1.39. The fraction of sp³-hybridized carbons (Fsp3) is 0.0909. The first-order valence-corrected chi connectivity index (χ1v) is 5.66. The minimum Gasteiger partial charge on any atom is -0.383 e. The van der Waals surface area contributed by atoms with Gasteiger partial charge in [0, 0.05) is 4.88 Å². The molecule has 1 N–H and O–H groups in total. The second kappa shape index (κ2) is 4.49. The molecule has 0 spiro atoms. The molecule has 1 unspecified atom stereocenters. The Morgan fingerprint density at radius 3 is 2.25 bits per heavy atom. The van der Waals surface area contributed by atoms with Crippen LogP contribution in [-0.2, 0) is 0 Å². The molecule has 1 aromatic heterocycles. The summed E-state index contributed by atoms with van der Waals surface area (Å²) in [6.07, 6.45) is -1.32. The number of hydrogen-bond acceptors (Lipinski definition) is 2. The van der Waals surface area contributed by atoms with Crippen LogP contribution in [0.2, 0.25) is 4.34 Å². The van der Waals surface area contributed by atoms with Gasteiger partial charge in [0.25, 0.3) is 0 Å². The SMILES string of the molecule is OC(c1ccc(Cl)s1)c1c(F)cccc1F. The highest BCUT2D eigenvalue weighted by Crippen LogP contribution is 2.33. The van der Waals surface area contributed by atoms with Crippen LogP contribution in [0.1, 0.15) is 16.5 Å². The zero-order valence-electron chi connectivity index (χ0n) is 7.95. The molecule has 0 bridgehead atoms. The highest BCUT2D eigenvalue weighted by molar-refractivity contribution is 7.16. The van der Waals surface area contributed by atoms with Crippen LogP contribution in [0.3, 0.4) is 0 Å². The van der Waals surface area contributed by atoms with Gasteiger partial charge in [-0.15, -0.1) is 11.3 Å². The summed E-state index contributed by atoms with van der Waals surface area (Å²) in [5.74, 6) is -1.53. The van der Waals surface area contributed by atoms with E-state index < -0.39 is 17.7 Å². The van der Waals surface area contributed by atoms with Crippen LogP contribution in [0, 0.1) is 11.6 Å². The summed E-state index contributed by atoms with van der Waals surface area (Å²) >= 11 is 6.78. The molecule has 0 aliphatic rings. The van der Waals surface area contributed by atoms with Gasteiger partial charge in [-0.1, -0.05) is 17.7 Å². The molecule has 2 rings (SSSR count). The molecule has 1 heterocycles. The van der Waals surface area contributed by atoms with E-state index >= 15 is 0 Å². The lowest BCUT2D eigenvalue weighted by Crippen LogP contribution is -2.03. The Bertz CT molecular complexity index is 492. The van der Waals surface area contributed by atoms with E-state index in [1.54, 1.807) is 12.1 Å². The largest absolute Gasteiger partial charge is 0.383 e. The maximum atomic E-state index is 13.4. The van der Waals surface area contributed by atoms with Crippen molar-refractivity contribution in [2.75, 3.05) is 0 Å². The van der Waals surface area contributed by atoms with Crippen LogP contribution in [0.25, 0.3) is 0 Å². The van der Waals surface area contributed by atoms with Gasteiger partial charge in [-0.25, -0.2) is 8.78 Å². The van der Waals surface area contributed by atoms with E-state index in [1.807, 2.05) is 0 Å². The summed E-state index contributed by atoms with van der Waals surface area (Å²) in [6, 6.07) is 6.59. The number of rotatable bonds is 2. The molecule has 1 atom stereocenters. The third kappa shape index (κ3) is 2.09. The number of hydrogen-bond donors (Lipinski definition) is 1. The fourth-order valence-corrected chi connectivity index (χ4v) is 2.45. The second-order valence-corrected chi connectivity index (χ2v) is 4.93. The highest BCUT2D eigenvalue weighted by Gasteiger charge is 2.20. The van der Waals surface area contributed by atoms with Crippen molar-refractivity contribution in [1.29, 1.82) is 0 Å². The predicted octanol–water partition coefficient (Wildman–Crippen LogP) is 3.76. The van der Waals surface area contributed by atoms with Gasteiger partial charge in [-0.05, 0) is 24.3 Å². The summed E-state index contributed by atoms with van der Waals surface area (Å²) in [4.78, 5) is 0.411. The normalized spacial score (nSPS) is 12.8. The lowest BCUT2D eigenvalue weighted by Gasteiger charge is -2.10. The van der Waals surface area contributed by atoms with Crippen LogP contribution >= 0.6 is 22.9 Å². The van der Waals surface area contributed by atoms with E-state index in [4.69, 9.17) is 11.6 Å². The molecule has 0 aliphatic heterocycles. The van der Waals surface area contributed by atoms with Crippen LogP contribution in [0.4, 0.5) is 8.78 Å². The van der Waals surface area contributed by atoms with E-state index in [2.05, 4.69) is 0 Å². The second-order valence-electron chi connectivity index (χ2n) is 3.18. The maximum absolute atomic E-state index is 13.4. The smallest absolute Gasteiger partial charge is 0.132 e. The van der Waals surface area contributed by atoms with Gasteiger partial charge >= 0.3 is 0 Å². The Morgan fingerprint density at radius 1 is 1.12 bits per heavy atom. The molecule has 84 valence electrons. The Hall–Kier alpha value is -0.970. The molecule has 5 heteroatoms.